The molecule has 152 valence electrons. The molecule has 30 heavy (non-hydrogen) atoms. The lowest BCUT2D eigenvalue weighted by Gasteiger charge is -2.10. The molecular weight excluding hydrogens is 396 g/mol. The standard InChI is InChI=1S/C23H22N4O2S/c1-14-11-21(17-8-6-10-20(29-3)23(17)25-14)30-13-22(28)27-24-12-18-15(2)26-19-9-5-4-7-16(18)19/h4-12,26H,13H2,1-3H3,(H,27,28)/b24-12+. The third-order valence-corrected chi connectivity index (χ3v) is 5.85. The number of pyridine rings is 1. The first-order valence-electron chi connectivity index (χ1n) is 9.53. The number of aromatic amines is 1. The number of aryl methyl sites for hydroxylation is 2. The monoisotopic (exact) mass is 418 g/mol. The summed E-state index contributed by atoms with van der Waals surface area (Å²) in [7, 11) is 1.63. The van der Waals surface area contributed by atoms with Crippen LogP contribution in [0.3, 0.4) is 0 Å². The lowest BCUT2D eigenvalue weighted by atomic mass is 10.1. The fourth-order valence-electron chi connectivity index (χ4n) is 3.41. The lowest BCUT2D eigenvalue weighted by molar-refractivity contribution is -0.118. The summed E-state index contributed by atoms with van der Waals surface area (Å²) < 4.78 is 5.42. The first-order chi connectivity index (χ1) is 14.6. The van der Waals surface area contributed by atoms with Crippen molar-refractivity contribution in [1.82, 2.24) is 15.4 Å². The molecule has 2 N–H and O–H groups in total. The number of nitrogens with one attached hydrogen (secondary N) is 2. The molecule has 2 aromatic heterocycles. The van der Waals surface area contributed by atoms with E-state index in [1.807, 2.05) is 62.4 Å². The predicted molar refractivity (Wildman–Crippen MR) is 123 cm³/mol. The van der Waals surface area contributed by atoms with Crippen LogP contribution in [-0.4, -0.2) is 35.0 Å². The number of para-hydroxylation sites is 2. The summed E-state index contributed by atoms with van der Waals surface area (Å²) in [5.74, 6) is 0.806. The highest BCUT2D eigenvalue weighted by Gasteiger charge is 2.11. The number of rotatable bonds is 6. The molecule has 7 heteroatoms. The van der Waals surface area contributed by atoms with Gasteiger partial charge in [-0.25, -0.2) is 10.4 Å². The SMILES string of the molecule is COc1cccc2c(SCC(=O)N/N=C/c3c(C)[nH]c4ccccc34)cc(C)nc12. The highest BCUT2D eigenvalue weighted by atomic mass is 32.2. The van der Waals surface area contributed by atoms with E-state index in [9.17, 15) is 4.79 Å². The van der Waals surface area contributed by atoms with Crippen molar-refractivity contribution >= 4 is 45.7 Å². The molecule has 0 aliphatic heterocycles. The van der Waals surface area contributed by atoms with Crippen LogP contribution in [-0.2, 0) is 4.79 Å². The Morgan fingerprint density at radius 2 is 2.00 bits per heavy atom. The second-order valence-corrected chi connectivity index (χ2v) is 7.93. The third kappa shape index (κ3) is 4.02. The van der Waals surface area contributed by atoms with Crippen molar-refractivity contribution in [1.29, 1.82) is 0 Å². The number of methoxy groups -OCH3 is 1. The number of carbonyl (C=O) groups is 1. The van der Waals surface area contributed by atoms with Crippen molar-refractivity contribution in [3.05, 3.63) is 65.5 Å². The molecule has 0 spiro atoms. The van der Waals surface area contributed by atoms with Gasteiger partial charge in [0.1, 0.15) is 11.3 Å². The van der Waals surface area contributed by atoms with E-state index < -0.39 is 0 Å². The number of nitrogens with zero attached hydrogens (tertiary/aromatic N) is 2. The number of benzene rings is 2. The quantitative estimate of drug-likeness (QED) is 0.273. The van der Waals surface area contributed by atoms with Crippen LogP contribution >= 0.6 is 11.8 Å². The van der Waals surface area contributed by atoms with E-state index in [0.29, 0.717) is 0 Å². The van der Waals surface area contributed by atoms with E-state index in [2.05, 4.69) is 20.5 Å². The molecule has 0 bridgehead atoms. The summed E-state index contributed by atoms with van der Waals surface area (Å²) in [4.78, 5) is 21.2. The number of carbonyl (C=O) groups excluding carboxylic acids is 1. The summed E-state index contributed by atoms with van der Waals surface area (Å²) in [6, 6.07) is 15.8. The Morgan fingerprint density at radius 1 is 1.20 bits per heavy atom. The van der Waals surface area contributed by atoms with E-state index >= 15 is 0 Å². The van der Waals surface area contributed by atoms with Crippen LogP contribution < -0.4 is 10.2 Å². The van der Waals surface area contributed by atoms with Crippen molar-refractivity contribution in [2.45, 2.75) is 18.7 Å². The minimum Gasteiger partial charge on any atom is -0.494 e. The van der Waals surface area contributed by atoms with Crippen LogP contribution in [0.5, 0.6) is 5.75 Å². The second-order valence-electron chi connectivity index (χ2n) is 6.91. The Balaban J connectivity index is 1.45. The van der Waals surface area contributed by atoms with Gasteiger partial charge < -0.3 is 9.72 Å². The van der Waals surface area contributed by atoms with Gasteiger partial charge in [-0.05, 0) is 32.0 Å². The Bertz CT molecular complexity index is 1260. The third-order valence-electron chi connectivity index (χ3n) is 4.80. The molecule has 0 saturated carbocycles. The molecule has 0 radical (unpaired) electrons. The summed E-state index contributed by atoms with van der Waals surface area (Å²) in [5, 5.41) is 6.20. The molecular formula is C23H22N4O2S. The normalized spacial score (nSPS) is 11.4. The van der Waals surface area contributed by atoms with Crippen molar-refractivity contribution in [2.75, 3.05) is 12.9 Å². The van der Waals surface area contributed by atoms with E-state index in [4.69, 9.17) is 4.74 Å². The van der Waals surface area contributed by atoms with Crippen LogP contribution in [0, 0.1) is 13.8 Å². The molecule has 2 aromatic carbocycles. The molecule has 4 aromatic rings. The zero-order chi connectivity index (χ0) is 21.1. The minimum atomic E-state index is -0.167. The van der Waals surface area contributed by atoms with E-state index in [-0.39, 0.29) is 11.7 Å². The summed E-state index contributed by atoms with van der Waals surface area (Å²) >= 11 is 1.46. The van der Waals surface area contributed by atoms with Crippen LogP contribution in [0.25, 0.3) is 21.8 Å². The van der Waals surface area contributed by atoms with E-state index in [1.165, 1.54) is 11.8 Å². The van der Waals surface area contributed by atoms with Gasteiger partial charge >= 0.3 is 0 Å². The van der Waals surface area contributed by atoms with Crippen LogP contribution in [0.2, 0.25) is 0 Å². The molecule has 0 aliphatic carbocycles. The van der Waals surface area contributed by atoms with Crippen LogP contribution in [0.4, 0.5) is 0 Å². The van der Waals surface area contributed by atoms with Gasteiger partial charge in [0, 0.05) is 38.1 Å². The number of ether oxygens (including phenoxy) is 1. The number of hydrogen-bond donors (Lipinski definition) is 2. The first kappa shape index (κ1) is 20.0. The molecule has 0 aliphatic rings. The average molecular weight is 419 g/mol. The van der Waals surface area contributed by atoms with Gasteiger partial charge in [-0.1, -0.05) is 30.3 Å². The predicted octanol–water partition coefficient (Wildman–Crippen LogP) is 4.58. The molecule has 4 rings (SSSR count). The molecule has 2 heterocycles. The zero-order valence-corrected chi connectivity index (χ0v) is 17.8. The molecule has 0 atom stereocenters. The number of thioether (sulfide) groups is 1. The molecule has 0 unspecified atom stereocenters. The van der Waals surface area contributed by atoms with E-state index in [1.54, 1.807) is 13.3 Å². The largest absolute Gasteiger partial charge is 0.494 e. The number of H-pyrrole nitrogens is 1. The summed E-state index contributed by atoms with van der Waals surface area (Å²) in [5.41, 5.74) is 7.34. The van der Waals surface area contributed by atoms with Crippen molar-refractivity contribution < 1.29 is 9.53 Å². The van der Waals surface area contributed by atoms with Gasteiger partial charge in [0.2, 0.25) is 5.91 Å². The molecule has 6 nitrogen and oxygen atoms in total. The van der Waals surface area contributed by atoms with Crippen molar-refractivity contribution in [2.24, 2.45) is 5.10 Å². The molecule has 0 fully saturated rings. The fourth-order valence-corrected chi connectivity index (χ4v) is 4.33. The Labute approximate surface area is 178 Å². The van der Waals surface area contributed by atoms with Crippen molar-refractivity contribution in [3.8, 4) is 5.75 Å². The number of aromatic nitrogens is 2. The van der Waals surface area contributed by atoms with Gasteiger partial charge in [0.05, 0.1) is 19.1 Å². The van der Waals surface area contributed by atoms with Gasteiger partial charge in [-0.15, -0.1) is 11.8 Å². The highest BCUT2D eigenvalue weighted by molar-refractivity contribution is 8.00. The molecule has 0 saturated heterocycles. The second kappa shape index (κ2) is 8.59. The van der Waals surface area contributed by atoms with Gasteiger partial charge in [0.15, 0.2) is 0 Å². The number of amides is 1. The highest BCUT2D eigenvalue weighted by Crippen LogP contribution is 2.32. The van der Waals surface area contributed by atoms with Gasteiger partial charge in [0.25, 0.3) is 0 Å². The number of hydrazone groups is 1. The average Bonchev–Trinajstić information content (AvgIpc) is 3.06. The maximum Gasteiger partial charge on any atom is 0.250 e. The van der Waals surface area contributed by atoms with Crippen molar-refractivity contribution in [3.63, 3.8) is 0 Å². The number of fused-ring (bicyclic) bond motifs is 2. The Kier molecular flexibility index (Phi) is 5.72. The summed E-state index contributed by atoms with van der Waals surface area (Å²) in [6.07, 6.45) is 1.69. The smallest absolute Gasteiger partial charge is 0.250 e. The van der Waals surface area contributed by atoms with Crippen LogP contribution in [0.1, 0.15) is 17.0 Å². The maximum absolute atomic E-state index is 12.3. The van der Waals surface area contributed by atoms with E-state index in [0.717, 1.165) is 49.4 Å². The molecule has 1 amide bonds. The Hall–Kier alpha value is -3.32. The summed E-state index contributed by atoms with van der Waals surface area (Å²) in [6.45, 7) is 3.92. The van der Waals surface area contributed by atoms with Crippen LogP contribution in [0.15, 0.2) is 58.5 Å². The fraction of sp³-hybridized carbons (Fsp3) is 0.174. The topological polar surface area (TPSA) is 79.4 Å². The Morgan fingerprint density at radius 3 is 2.83 bits per heavy atom. The lowest BCUT2D eigenvalue weighted by Crippen LogP contribution is -2.19. The minimum absolute atomic E-state index is 0.167. The number of hydrogen-bond acceptors (Lipinski definition) is 5. The maximum atomic E-state index is 12.3. The van der Waals surface area contributed by atoms with Gasteiger partial charge in [-0.3, -0.25) is 4.79 Å². The zero-order valence-electron chi connectivity index (χ0n) is 17.0. The first-order valence-corrected chi connectivity index (χ1v) is 10.5. The van der Waals surface area contributed by atoms with Gasteiger partial charge in [-0.2, -0.15) is 5.10 Å².